The molecule has 0 unspecified atom stereocenters. The largest absolute Gasteiger partial charge is 0.478 e. The van der Waals surface area contributed by atoms with Gasteiger partial charge in [-0.2, -0.15) is 0 Å². The lowest BCUT2D eigenvalue weighted by Crippen LogP contribution is -2.43. The van der Waals surface area contributed by atoms with Crippen molar-refractivity contribution in [3.8, 4) is 0 Å². The molecule has 0 amide bonds. The second-order valence-corrected chi connectivity index (χ2v) is 4.04. The monoisotopic (exact) mass is 220 g/mol. The van der Waals surface area contributed by atoms with Gasteiger partial charge in [0.25, 0.3) is 0 Å². The number of hydrogen-bond acceptors (Lipinski definition) is 3. The lowest BCUT2D eigenvalue weighted by Gasteiger charge is -2.30. The molecule has 0 atom stereocenters. The number of carboxylic acids is 1. The second-order valence-electron chi connectivity index (χ2n) is 4.04. The zero-order valence-corrected chi connectivity index (χ0v) is 9.36. The molecule has 0 saturated carbocycles. The van der Waals surface area contributed by atoms with E-state index in [0.29, 0.717) is 5.56 Å². The summed E-state index contributed by atoms with van der Waals surface area (Å²) in [6.45, 7) is 5.80. The Balaban J connectivity index is 2.30. The molecule has 0 aliphatic carbocycles. The Morgan fingerprint density at radius 1 is 1.38 bits per heavy atom. The zero-order valence-electron chi connectivity index (χ0n) is 9.36. The molecule has 1 fully saturated rings. The van der Waals surface area contributed by atoms with Crippen molar-refractivity contribution < 1.29 is 9.90 Å². The van der Waals surface area contributed by atoms with Gasteiger partial charge in [0.2, 0.25) is 0 Å². The average molecular weight is 220 g/mol. The molecule has 16 heavy (non-hydrogen) atoms. The van der Waals surface area contributed by atoms with Crippen molar-refractivity contribution in [1.29, 1.82) is 0 Å². The molecule has 0 radical (unpaired) electrons. The van der Waals surface area contributed by atoms with E-state index in [1.807, 2.05) is 13.0 Å². The molecule has 1 saturated heterocycles. The number of aromatic carboxylic acids is 1. The summed E-state index contributed by atoms with van der Waals surface area (Å²) < 4.78 is 0. The minimum absolute atomic E-state index is 0.360. The molecule has 1 aliphatic heterocycles. The van der Waals surface area contributed by atoms with E-state index in [4.69, 9.17) is 5.11 Å². The Hall–Kier alpha value is -1.55. The summed E-state index contributed by atoms with van der Waals surface area (Å²) in [5.74, 6) is -0.864. The average Bonchev–Trinajstić information content (AvgIpc) is 2.30. The molecule has 1 aliphatic rings. The summed E-state index contributed by atoms with van der Waals surface area (Å²) in [5.41, 5.74) is 2.53. The number of nitrogens with zero attached hydrogens (tertiary/aromatic N) is 1. The standard InChI is InChI=1S/C12H16N2O2/c1-9-2-3-10(12(15)16)8-11(9)14-6-4-13-5-7-14/h2-3,8,13H,4-7H2,1H3,(H,15,16). The summed E-state index contributed by atoms with van der Waals surface area (Å²) in [6.07, 6.45) is 0. The van der Waals surface area contributed by atoms with Crippen LogP contribution in [0.2, 0.25) is 0 Å². The molecule has 4 nitrogen and oxygen atoms in total. The quantitative estimate of drug-likeness (QED) is 0.783. The number of carboxylic acid groups (broad SMARTS) is 1. The van der Waals surface area contributed by atoms with E-state index in [0.717, 1.165) is 37.4 Å². The lowest BCUT2D eigenvalue weighted by molar-refractivity contribution is 0.0697. The van der Waals surface area contributed by atoms with Crippen LogP contribution in [-0.4, -0.2) is 37.3 Å². The summed E-state index contributed by atoms with van der Waals surface area (Å²) in [7, 11) is 0. The number of hydrogen-bond donors (Lipinski definition) is 2. The van der Waals surface area contributed by atoms with Crippen LogP contribution in [-0.2, 0) is 0 Å². The Morgan fingerprint density at radius 3 is 2.69 bits per heavy atom. The maximum Gasteiger partial charge on any atom is 0.335 e. The number of piperazine rings is 1. The van der Waals surface area contributed by atoms with Crippen LogP contribution in [0.5, 0.6) is 0 Å². The van der Waals surface area contributed by atoms with Gasteiger partial charge in [0.1, 0.15) is 0 Å². The Kier molecular flexibility index (Phi) is 3.10. The van der Waals surface area contributed by atoms with Crippen LogP contribution in [0.3, 0.4) is 0 Å². The summed E-state index contributed by atoms with van der Waals surface area (Å²) in [6, 6.07) is 5.30. The zero-order chi connectivity index (χ0) is 11.5. The van der Waals surface area contributed by atoms with Crippen molar-refractivity contribution in [2.45, 2.75) is 6.92 Å². The van der Waals surface area contributed by atoms with Crippen molar-refractivity contribution in [1.82, 2.24) is 5.32 Å². The van der Waals surface area contributed by atoms with Crippen molar-refractivity contribution in [2.75, 3.05) is 31.1 Å². The van der Waals surface area contributed by atoms with Crippen LogP contribution in [0, 0.1) is 6.92 Å². The highest BCUT2D eigenvalue weighted by Gasteiger charge is 2.14. The molecule has 0 aromatic heterocycles. The van der Waals surface area contributed by atoms with Gasteiger partial charge in [0, 0.05) is 31.9 Å². The molecular weight excluding hydrogens is 204 g/mol. The topological polar surface area (TPSA) is 52.6 Å². The molecule has 1 aromatic rings. The van der Waals surface area contributed by atoms with E-state index < -0.39 is 5.97 Å². The predicted octanol–water partition coefficient (Wildman–Crippen LogP) is 1.10. The van der Waals surface area contributed by atoms with Crippen molar-refractivity contribution in [2.24, 2.45) is 0 Å². The van der Waals surface area contributed by atoms with E-state index in [2.05, 4.69) is 10.2 Å². The number of aryl methyl sites for hydroxylation is 1. The Morgan fingerprint density at radius 2 is 2.06 bits per heavy atom. The highest BCUT2D eigenvalue weighted by Crippen LogP contribution is 2.22. The molecular formula is C12H16N2O2. The van der Waals surface area contributed by atoms with Gasteiger partial charge in [-0.25, -0.2) is 4.79 Å². The minimum Gasteiger partial charge on any atom is -0.478 e. The summed E-state index contributed by atoms with van der Waals surface area (Å²) in [5, 5.41) is 12.3. The fraction of sp³-hybridized carbons (Fsp3) is 0.417. The van der Waals surface area contributed by atoms with Crippen molar-refractivity contribution in [3.63, 3.8) is 0 Å². The van der Waals surface area contributed by atoms with Gasteiger partial charge < -0.3 is 15.3 Å². The number of anilines is 1. The first-order valence-corrected chi connectivity index (χ1v) is 5.48. The van der Waals surface area contributed by atoms with Gasteiger partial charge in [0.15, 0.2) is 0 Å². The van der Waals surface area contributed by atoms with E-state index in [9.17, 15) is 4.79 Å². The van der Waals surface area contributed by atoms with Crippen LogP contribution in [0.4, 0.5) is 5.69 Å². The first-order valence-electron chi connectivity index (χ1n) is 5.48. The Bertz CT molecular complexity index is 398. The van der Waals surface area contributed by atoms with Gasteiger partial charge in [-0.15, -0.1) is 0 Å². The molecule has 0 bridgehead atoms. The van der Waals surface area contributed by atoms with Crippen LogP contribution < -0.4 is 10.2 Å². The van der Waals surface area contributed by atoms with Gasteiger partial charge in [-0.3, -0.25) is 0 Å². The highest BCUT2D eigenvalue weighted by molar-refractivity contribution is 5.89. The first-order chi connectivity index (χ1) is 7.68. The Labute approximate surface area is 94.9 Å². The number of benzene rings is 1. The third kappa shape index (κ3) is 2.17. The van der Waals surface area contributed by atoms with Crippen molar-refractivity contribution in [3.05, 3.63) is 29.3 Å². The molecule has 1 heterocycles. The third-order valence-corrected chi connectivity index (χ3v) is 2.91. The van der Waals surface area contributed by atoms with Gasteiger partial charge in [-0.05, 0) is 24.6 Å². The molecule has 0 spiro atoms. The van der Waals surface area contributed by atoms with E-state index in [-0.39, 0.29) is 0 Å². The van der Waals surface area contributed by atoms with E-state index >= 15 is 0 Å². The molecule has 86 valence electrons. The number of nitrogens with one attached hydrogen (secondary N) is 1. The molecule has 4 heteroatoms. The predicted molar refractivity (Wildman–Crippen MR) is 63.2 cm³/mol. The summed E-state index contributed by atoms with van der Waals surface area (Å²) >= 11 is 0. The second kappa shape index (κ2) is 4.53. The smallest absolute Gasteiger partial charge is 0.335 e. The number of rotatable bonds is 2. The molecule has 1 aromatic carbocycles. The van der Waals surface area contributed by atoms with E-state index in [1.165, 1.54) is 0 Å². The fourth-order valence-corrected chi connectivity index (χ4v) is 1.99. The van der Waals surface area contributed by atoms with Crippen LogP contribution >= 0.6 is 0 Å². The maximum atomic E-state index is 10.9. The van der Waals surface area contributed by atoms with Crippen LogP contribution in [0.25, 0.3) is 0 Å². The minimum atomic E-state index is -0.864. The summed E-state index contributed by atoms with van der Waals surface area (Å²) in [4.78, 5) is 13.2. The number of carbonyl (C=O) groups is 1. The molecule has 2 rings (SSSR count). The fourth-order valence-electron chi connectivity index (χ4n) is 1.99. The normalized spacial score (nSPS) is 16.2. The van der Waals surface area contributed by atoms with Gasteiger partial charge >= 0.3 is 5.97 Å². The third-order valence-electron chi connectivity index (χ3n) is 2.91. The van der Waals surface area contributed by atoms with Crippen molar-refractivity contribution >= 4 is 11.7 Å². The molecule has 2 N–H and O–H groups in total. The maximum absolute atomic E-state index is 10.9. The highest BCUT2D eigenvalue weighted by atomic mass is 16.4. The van der Waals surface area contributed by atoms with Crippen LogP contribution in [0.15, 0.2) is 18.2 Å². The van der Waals surface area contributed by atoms with Gasteiger partial charge in [0.05, 0.1) is 5.56 Å². The first kappa shape index (κ1) is 11.0. The van der Waals surface area contributed by atoms with Crippen LogP contribution in [0.1, 0.15) is 15.9 Å². The van der Waals surface area contributed by atoms with Gasteiger partial charge in [-0.1, -0.05) is 6.07 Å². The SMILES string of the molecule is Cc1ccc(C(=O)O)cc1N1CCNCC1. The van der Waals surface area contributed by atoms with E-state index in [1.54, 1.807) is 12.1 Å². The lowest BCUT2D eigenvalue weighted by atomic mass is 10.1.